The Morgan fingerprint density at radius 3 is 2.18 bits per heavy atom. The first-order valence-corrected chi connectivity index (χ1v) is 18.0. The lowest BCUT2D eigenvalue weighted by Crippen LogP contribution is -2.46. The van der Waals surface area contributed by atoms with E-state index in [1.54, 1.807) is 0 Å². The Balaban J connectivity index is 1.17. The highest BCUT2D eigenvalue weighted by Gasteiger charge is 2.57. The van der Waals surface area contributed by atoms with Crippen LogP contribution in [0.4, 0.5) is 17.1 Å². The fraction of sp³-hybridized carbons (Fsp3) is 0.302. The zero-order valence-electron chi connectivity index (χ0n) is 29.7. The van der Waals surface area contributed by atoms with E-state index in [9.17, 15) is 19.7 Å². The number of phenolic OH excluding ortho intramolecular Hbond substituents is 1. The smallest absolute Gasteiger partial charge is 0.455 e. The molecule has 7 nitrogen and oxygen atoms in total. The number of anilines is 3. The molecule has 8 heteroatoms. The van der Waals surface area contributed by atoms with Crippen molar-refractivity contribution < 1.29 is 24.4 Å². The van der Waals surface area contributed by atoms with Crippen molar-refractivity contribution in [1.29, 1.82) is 0 Å². The Labute approximate surface area is 300 Å². The minimum absolute atomic E-state index is 0.150. The molecular formula is C43H45BN2O5. The van der Waals surface area contributed by atoms with Crippen molar-refractivity contribution in [3.05, 3.63) is 130 Å². The second kappa shape index (κ2) is 14.4. The van der Waals surface area contributed by atoms with Crippen LogP contribution in [-0.4, -0.2) is 35.2 Å². The molecule has 2 amide bonds. The number of carbonyl (C=O) groups excluding carboxylic acids is 2. The molecule has 51 heavy (non-hydrogen) atoms. The molecule has 0 saturated carbocycles. The van der Waals surface area contributed by atoms with Gasteiger partial charge in [0.05, 0.1) is 23.6 Å². The summed E-state index contributed by atoms with van der Waals surface area (Å²) < 4.78 is 6.33. The Bertz CT molecular complexity index is 1970. The number of aryl methyl sites for hydroxylation is 2. The fourth-order valence-electron chi connectivity index (χ4n) is 8.40. The Morgan fingerprint density at radius 1 is 0.902 bits per heavy atom. The summed E-state index contributed by atoms with van der Waals surface area (Å²) in [6.07, 6.45) is 3.83. The number of para-hydroxylation sites is 1. The van der Waals surface area contributed by atoms with Crippen LogP contribution < -0.4 is 10.2 Å². The predicted molar refractivity (Wildman–Crippen MR) is 204 cm³/mol. The SMILES string of the molecule is Cc1cc(/C=C(/CC[C@H]2OB(O)C[C@H]3C2=C(C(C)C)C[C@H]2C(=O)N(c4ccc(Nc5ccccc5)cc4)C(=O)[C@H]23)c2ccccc2)cc(C)c1O. The zero-order chi connectivity index (χ0) is 35.8. The second-order valence-electron chi connectivity index (χ2n) is 14.5. The van der Waals surface area contributed by atoms with E-state index < -0.39 is 25.1 Å². The summed E-state index contributed by atoms with van der Waals surface area (Å²) in [6, 6.07) is 31.5. The molecule has 4 aromatic carbocycles. The van der Waals surface area contributed by atoms with Crippen molar-refractivity contribution >= 4 is 47.6 Å². The Kier molecular flexibility index (Phi) is 9.73. The first-order valence-electron chi connectivity index (χ1n) is 18.0. The molecule has 2 saturated heterocycles. The third-order valence-electron chi connectivity index (χ3n) is 10.8. The van der Waals surface area contributed by atoms with Gasteiger partial charge >= 0.3 is 7.12 Å². The van der Waals surface area contributed by atoms with E-state index in [0.717, 1.165) is 44.8 Å². The molecule has 4 atom stereocenters. The number of hydrogen-bond acceptors (Lipinski definition) is 6. The van der Waals surface area contributed by atoms with Crippen molar-refractivity contribution in [1.82, 2.24) is 0 Å². The van der Waals surface area contributed by atoms with E-state index >= 15 is 0 Å². The molecule has 3 aliphatic rings. The molecule has 2 heterocycles. The van der Waals surface area contributed by atoms with Crippen molar-refractivity contribution in [2.24, 2.45) is 23.7 Å². The molecule has 0 radical (unpaired) electrons. The van der Waals surface area contributed by atoms with E-state index in [-0.39, 0.29) is 30.0 Å². The molecule has 7 rings (SSSR count). The molecule has 4 aromatic rings. The van der Waals surface area contributed by atoms with Gasteiger partial charge in [-0.25, -0.2) is 0 Å². The lowest BCUT2D eigenvalue weighted by Gasteiger charge is -2.44. The van der Waals surface area contributed by atoms with Crippen LogP contribution in [0.1, 0.15) is 55.4 Å². The first-order chi connectivity index (χ1) is 24.6. The third kappa shape index (κ3) is 6.91. The van der Waals surface area contributed by atoms with Gasteiger partial charge in [0.2, 0.25) is 11.8 Å². The molecule has 1 aliphatic carbocycles. The number of benzene rings is 4. The average molecular weight is 681 g/mol. The minimum atomic E-state index is -1.04. The number of fused-ring (bicyclic) bond motifs is 3. The normalized spacial score (nSPS) is 22.0. The topological polar surface area (TPSA) is 99.1 Å². The maximum Gasteiger partial charge on any atom is 0.455 e. The van der Waals surface area contributed by atoms with Crippen LogP contribution in [0.3, 0.4) is 0 Å². The van der Waals surface area contributed by atoms with Crippen LogP contribution in [0.2, 0.25) is 6.32 Å². The quantitative estimate of drug-likeness (QED) is 0.0708. The van der Waals surface area contributed by atoms with Crippen molar-refractivity contribution in [2.45, 2.75) is 59.4 Å². The highest BCUT2D eigenvalue weighted by Crippen LogP contribution is 2.52. The summed E-state index contributed by atoms with van der Waals surface area (Å²) in [7, 11) is -1.04. The van der Waals surface area contributed by atoms with Gasteiger partial charge in [0.15, 0.2) is 0 Å². The number of aromatic hydroxyl groups is 1. The van der Waals surface area contributed by atoms with Crippen LogP contribution in [0.15, 0.2) is 108 Å². The number of rotatable bonds is 9. The van der Waals surface area contributed by atoms with E-state index in [1.165, 1.54) is 10.5 Å². The van der Waals surface area contributed by atoms with Gasteiger partial charge in [0.25, 0.3) is 0 Å². The second-order valence-corrected chi connectivity index (χ2v) is 14.5. The molecule has 0 unspecified atom stereocenters. The maximum absolute atomic E-state index is 14.3. The fourth-order valence-corrected chi connectivity index (χ4v) is 8.40. The number of carbonyl (C=O) groups is 2. The van der Waals surface area contributed by atoms with Crippen LogP contribution >= 0.6 is 0 Å². The van der Waals surface area contributed by atoms with Crippen LogP contribution in [0.5, 0.6) is 5.75 Å². The summed E-state index contributed by atoms with van der Waals surface area (Å²) in [5.41, 5.74) is 9.49. The van der Waals surface area contributed by atoms with Crippen molar-refractivity contribution in [3.8, 4) is 5.75 Å². The van der Waals surface area contributed by atoms with Gasteiger partial charge in [-0.15, -0.1) is 0 Å². The molecule has 0 aromatic heterocycles. The Morgan fingerprint density at radius 2 is 1.53 bits per heavy atom. The first kappa shape index (κ1) is 34.5. The van der Waals surface area contributed by atoms with E-state index in [2.05, 4.69) is 37.4 Å². The van der Waals surface area contributed by atoms with Gasteiger partial charge in [-0.1, -0.05) is 74.0 Å². The number of amides is 2. The third-order valence-corrected chi connectivity index (χ3v) is 10.8. The lowest BCUT2D eigenvalue weighted by molar-refractivity contribution is -0.122. The monoisotopic (exact) mass is 680 g/mol. The highest BCUT2D eigenvalue weighted by atomic mass is 16.5. The molecule has 0 bridgehead atoms. The average Bonchev–Trinajstić information content (AvgIpc) is 3.38. The molecular weight excluding hydrogens is 635 g/mol. The van der Waals surface area contributed by atoms with Gasteiger partial charge in [0, 0.05) is 11.4 Å². The van der Waals surface area contributed by atoms with Crippen molar-refractivity contribution in [2.75, 3.05) is 10.2 Å². The largest absolute Gasteiger partial charge is 0.507 e. The van der Waals surface area contributed by atoms with Crippen LogP contribution in [-0.2, 0) is 14.2 Å². The number of nitrogens with one attached hydrogen (secondary N) is 1. The predicted octanol–water partition coefficient (Wildman–Crippen LogP) is 8.73. The summed E-state index contributed by atoms with van der Waals surface area (Å²) in [6.45, 7) is 8.10. The molecule has 260 valence electrons. The standard InChI is InChI=1S/C43H45BN2O5/c1-26(2)35-24-36-40(43(49)46(42(36)48)34-18-16-33(17-19-34)45-32-13-9-6-10-14-32)37-25-44(50)51-38(39(35)37)20-15-31(30-11-7-5-8-12-30)23-29-21-27(3)41(47)28(4)22-29/h5-14,16-19,21-23,26,36-38,40,45,47,50H,15,20,24-25H2,1-4H3/b31-23-/t36-,37+,38-,40-/m1/s1. The maximum atomic E-state index is 14.3. The minimum Gasteiger partial charge on any atom is -0.507 e. The number of phenols is 1. The molecule has 2 fully saturated rings. The number of nitrogens with zero attached hydrogens (tertiary/aromatic N) is 1. The van der Waals surface area contributed by atoms with E-state index in [1.807, 2.05) is 98.8 Å². The van der Waals surface area contributed by atoms with E-state index in [0.29, 0.717) is 30.7 Å². The molecule has 3 N–H and O–H groups in total. The summed E-state index contributed by atoms with van der Waals surface area (Å²) in [5, 5.41) is 24.9. The van der Waals surface area contributed by atoms with Gasteiger partial charge in [-0.2, -0.15) is 0 Å². The highest BCUT2D eigenvalue weighted by molar-refractivity contribution is 6.43. The number of imide groups is 1. The summed E-state index contributed by atoms with van der Waals surface area (Å²) in [4.78, 5) is 29.8. The summed E-state index contributed by atoms with van der Waals surface area (Å²) in [5.74, 6) is -1.22. The number of hydrogen-bond donors (Lipinski definition) is 3. The van der Waals surface area contributed by atoms with Crippen LogP contribution in [0, 0.1) is 37.5 Å². The lowest BCUT2D eigenvalue weighted by atomic mass is 9.57. The van der Waals surface area contributed by atoms with E-state index in [4.69, 9.17) is 4.65 Å². The van der Waals surface area contributed by atoms with Gasteiger partial charge < -0.3 is 20.1 Å². The van der Waals surface area contributed by atoms with Crippen LogP contribution in [0.25, 0.3) is 11.6 Å². The van der Waals surface area contributed by atoms with Crippen molar-refractivity contribution in [3.63, 3.8) is 0 Å². The zero-order valence-corrected chi connectivity index (χ0v) is 29.7. The number of allylic oxidation sites excluding steroid dienone is 2. The van der Waals surface area contributed by atoms with Gasteiger partial charge in [-0.3, -0.25) is 14.5 Å². The Hall–Kier alpha value is -4.92. The van der Waals surface area contributed by atoms with Gasteiger partial charge in [-0.05, 0) is 133 Å². The summed E-state index contributed by atoms with van der Waals surface area (Å²) >= 11 is 0. The molecule has 2 aliphatic heterocycles. The van der Waals surface area contributed by atoms with Gasteiger partial charge in [0.1, 0.15) is 5.75 Å². The molecule has 0 spiro atoms.